The fraction of sp³-hybridized carbons (Fsp3) is 0.105. The lowest BCUT2D eigenvalue weighted by Crippen LogP contribution is -2.19. The predicted octanol–water partition coefficient (Wildman–Crippen LogP) is 3.06. The third kappa shape index (κ3) is 4.60. The molecule has 160 valence electrons. The van der Waals surface area contributed by atoms with Crippen LogP contribution in [0.25, 0.3) is 11.3 Å². The lowest BCUT2D eigenvalue weighted by Gasteiger charge is -2.08. The Kier molecular flexibility index (Phi) is 6.72. The summed E-state index contributed by atoms with van der Waals surface area (Å²) in [5.74, 6) is -1.06. The molecule has 0 spiro atoms. The molecule has 0 bridgehead atoms. The molecule has 1 unspecified atom stereocenters. The number of nitrogens with zero attached hydrogens (tertiary/aromatic N) is 4. The van der Waals surface area contributed by atoms with Crippen molar-refractivity contribution < 1.29 is 18.7 Å². The summed E-state index contributed by atoms with van der Waals surface area (Å²) in [7, 11) is 0. The first-order valence-corrected chi connectivity index (χ1v) is 10.1. The topological polar surface area (TPSA) is 106 Å². The van der Waals surface area contributed by atoms with Crippen LogP contribution in [0, 0.1) is 11.6 Å². The number of aromatic nitrogens is 4. The minimum absolute atomic E-state index is 0.00612. The van der Waals surface area contributed by atoms with E-state index in [1.807, 2.05) is 0 Å². The number of pyridine rings is 2. The fourth-order valence-electron chi connectivity index (χ4n) is 2.57. The molecule has 0 aliphatic heterocycles. The van der Waals surface area contributed by atoms with Crippen LogP contribution < -0.4 is 11.1 Å². The van der Waals surface area contributed by atoms with Gasteiger partial charge in [-0.25, -0.2) is 18.7 Å². The Balaban J connectivity index is 0.000000176. The molecule has 0 aliphatic carbocycles. The summed E-state index contributed by atoms with van der Waals surface area (Å²) in [4.78, 5) is 41.9. The molecule has 1 atom stereocenters. The highest BCUT2D eigenvalue weighted by molar-refractivity contribution is 9.10. The Morgan fingerprint density at radius 3 is 1.90 bits per heavy atom. The van der Waals surface area contributed by atoms with E-state index in [1.165, 1.54) is 31.2 Å². The Morgan fingerprint density at radius 1 is 0.935 bits per heavy atom. The summed E-state index contributed by atoms with van der Waals surface area (Å²) in [6, 6.07) is 5.09. The summed E-state index contributed by atoms with van der Waals surface area (Å²) < 4.78 is 28.1. The molecule has 1 N–H and O–H groups in total. The summed E-state index contributed by atoms with van der Waals surface area (Å²) in [5.41, 5.74) is -0.178. The molecule has 4 aromatic heterocycles. The number of carbonyl (C=O) groups excluding carboxylic acids is 1. The van der Waals surface area contributed by atoms with Crippen molar-refractivity contribution in [2.75, 3.05) is 0 Å². The number of halogens is 4. The van der Waals surface area contributed by atoms with Gasteiger partial charge in [0.25, 0.3) is 11.1 Å². The minimum Gasteiger partial charge on any atom is -0.387 e. The largest absolute Gasteiger partial charge is 0.387 e. The molecular formula is C19H12Br2F2N4O4. The van der Waals surface area contributed by atoms with Crippen LogP contribution >= 0.6 is 31.9 Å². The van der Waals surface area contributed by atoms with E-state index in [9.17, 15) is 28.3 Å². The zero-order valence-corrected chi connectivity index (χ0v) is 18.8. The second-order valence-electron chi connectivity index (χ2n) is 6.18. The molecular weight excluding hydrogens is 546 g/mol. The first-order chi connectivity index (χ1) is 14.6. The zero-order valence-electron chi connectivity index (χ0n) is 15.6. The van der Waals surface area contributed by atoms with Gasteiger partial charge in [0, 0.05) is 12.4 Å². The number of fused-ring (bicyclic) bond motifs is 2. The molecule has 0 amide bonds. The highest BCUT2D eigenvalue weighted by Gasteiger charge is 2.14. The Hall–Kier alpha value is -2.83. The number of carbonyl (C=O) groups is 1. The minimum atomic E-state index is -0.864. The van der Waals surface area contributed by atoms with E-state index < -0.39 is 28.9 Å². The molecule has 0 saturated heterocycles. The highest BCUT2D eigenvalue weighted by atomic mass is 79.9. The van der Waals surface area contributed by atoms with Crippen molar-refractivity contribution in [1.29, 1.82) is 0 Å². The third-order valence-electron chi connectivity index (χ3n) is 4.02. The van der Waals surface area contributed by atoms with Crippen LogP contribution in [0.5, 0.6) is 0 Å². The summed E-state index contributed by atoms with van der Waals surface area (Å²) in [6.45, 7) is 1.51. The number of aldehydes is 1. The fourth-order valence-corrected chi connectivity index (χ4v) is 3.56. The molecule has 0 aromatic carbocycles. The average molecular weight is 558 g/mol. The van der Waals surface area contributed by atoms with Crippen molar-refractivity contribution >= 4 is 49.4 Å². The normalized spacial score (nSPS) is 11.8. The van der Waals surface area contributed by atoms with Gasteiger partial charge in [0.2, 0.25) is 0 Å². The highest BCUT2D eigenvalue weighted by Crippen LogP contribution is 2.18. The molecule has 4 heterocycles. The predicted molar refractivity (Wildman–Crippen MR) is 114 cm³/mol. The van der Waals surface area contributed by atoms with Crippen molar-refractivity contribution in [3.05, 3.63) is 89.3 Å². The van der Waals surface area contributed by atoms with Gasteiger partial charge >= 0.3 is 0 Å². The maximum absolute atomic E-state index is 13.0. The molecule has 31 heavy (non-hydrogen) atoms. The first-order valence-electron chi connectivity index (χ1n) is 8.52. The van der Waals surface area contributed by atoms with Crippen molar-refractivity contribution in [3.63, 3.8) is 0 Å². The van der Waals surface area contributed by atoms with E-state index in [0.717, 1.165) is 21.2 Å². The number of hydrogen-bond donors (Lipinski definition) is 1. The van der Waals surface area contributed by atoms with E-state index in [2.05, 4.69) is 41.8 Å². The molecule has 4 rings (SSSR count). The SMILES string of the molecule is CC(O)c1nc2ccc(F)cn2c(=O)c1Br.O=Cc1nc2ccc(F)cn2c(=O)c1Br. The number of hydrogen-bond acceptors (Lipinski definition) is 6. The van der Waals surface area contributed by atoms with Crippen molar-refractivity contribution in [3.8, 4) is 0 Å². The van der Waals surface area contributed by atoms with Gasteiger partial charge in [0.1, 0.15) is 37.6 Å². The van der Waals surface area contributed by atoms with Crippen LogP contribution in [0.4, 0.5) is 8.78 Å². The summed E-state index contributed by atoms with van der Waals surface area (Å²) in [6.07, 6.45) is 1.68. The Bertz CT molecular complexity index is 1440. The van der Waals surface area contributed by atoms with Crippen LogP contribution in [-0.2, 0) is 0 Å². The quantitative estimate of drug-likeness (QED) is 0.380. The van der Waals surface area contributed by atoms with Gasteiger partial charge in [-0.2, -0.15) is 0 Å². The molecule has 4 aromatic rings. The lowest BCUT2D eigenvalue weighted by molar-refractivity contribution is 0.111. The second kappa shape index (κ2) is 9.12. The molecule has 0 fully saturated rings. The van der Waals surface area contributed by atoms with Crippen LogP contribution in [0.1, 0.15) is 29.2 Å². The number of aliphatic hydroxyl groups is 1. The van der Waals surface area contributed by atoms with E-state index >= 15 is 0 Å². The van der Waals surface area contributed by atoms with Gasteiger partial charge in [0.15, 0.2) is 6.29 Å². The first kappa shape index (κ1) is 22.8. The van der Waals surface area contributed by atoms with E-state index in [0.29, 0.717) is 11.9 Å². The Labute approximate surface area is 189 Å². The van der Waals surface area contributed by atoms with Crippen LogP contribution in [0.3, 0.4) is 0 Å². The maximum atomic E-state index is 13.0. The second-order valence-corrected chi connectivity index (χ2v) is 7.76. The smallest absolute Gasteiger partial charge is 0.273 e. The van der Waals surface area contributed by atoms with Crippen LogP contribution in [-0.4, -0.2) is 30.2 Å². The molecule has 8 nitrogen and oxygen atoms in total. The van der Waals surface area contributed by atoms with E-state index in [1.54, 1.807) is 0 Å². The monoisotopic (exact) mass is 556 g/mol. The van der Waals surface area contributed by atoms with Crippen molar-refractivity contribution in [1.82, 2.24) is 18.8 Å². The summed E-state index contributed by atoms with van der Waals surface area (Å²) in [5, 5.41) is 9.43. The molecule has 12 heteroatoms. The van der Waals surface area contributed by atoms with Gasteiger partial charge in [-0.15, -0.1) is 0 Å². The van der Waals surface area contributed by atoms with E-state index in [4.69, 9.17) is 0 Å². The van der Waals surface area contributed by atoms with Gasteiger partial charge in [-0.3, -0.25) is 23.2 Å². The van der Waals surface area contributed by atoms with Gasteiger partial charge in [-0.05, 0) is 63.0 Å². The zero-order chi connectivity index (χ0) is 22.9. The van der Waals surface area contributed by atoms with Gasteiger partial charge in [0.05, 0.1) is 11.8 Å². The lowest BCUT2D eigenvalue weighted by atomic mass is 10.2. The standard InChI is InChI=1S/C10H8BrFN2O2.C9H4BrFN2O2/c1-5(15)9-8(11)10(16)14-4-6(12)2-3-7(14)13-9;10-8-6(4-14)12-7-2-1-5(11)3-13(7)9(8)15/h2-5,15H,1H3;1-4H. The maximum Gasteiger partial charge on any atom is 0.273 e. The molecule has 0 aliphatic rings. The molecule has 0 saturated carbocycles. The summed E-state index contributed by atoms with van der Waals surface area (Å²) >= 11 is 5.98. The Morgan fingerprint density at radius 2 is 1.42 bits per heavy atom. The van der Waals surface area contributed by atoms with Crippen LogP contribution in [0.2, 0.25) is 0 Å². The van der Waals surface area contributed by atoms with Crippen molar-refractivity contribution in [2.45, 2.75) is 13.0 Å². The van der Waals surface area contributed by atoms with Gasteiger partial charge < -0.3 is 5.11 Å². The number of rotatable bonds is 2. The third-order valence-corrected chi connectivity index (χ3v) is 5.51. The number of aliphatic hydroxyl groups excluding tert-OH is 1. The van der Waals surface area contributed by atoms with Crippen LogP contribution in [0.15, 0.2) is 55.2 Å². The van der Waals surface area contributed by atoms with Crippen molar-refractivity contribution in [2.24, 2.45) is 0 Å². The van der Waals surface area contributed by atoms with Gasteiger partial charge in [-0.1, -0.05) is 0 Å². The molecule has 0 radical (unpaired) electrons. The van der Waals surface area contributed by atoms with E-state index in [-0.39, 0.29) is 26.0 Å². The average Bonchev–Trinajstić information content (AvgIpc) is 2.74.